The summed E-state index contributed by atoms with van der Waals surface area (Å²) in [5, 5.41) is 15.4. The lowest BCUT2D eigenvalue weighted by atomic mass is 9.99. The molecule has 1 aliphatic rings. The summed E-state index contributed by atoms with van der Waals surface area (Å²) in [5.74, 6) is 1.49. The number of aliphatic hydroxyl groups is 1. The van der Waals surface area contributed by atoms with Crippen LogP contribution in [-0.4, -0.2) is 35.9 Å². The Bertz CT molecular complexity index is 2010. The van der Waals surface area contributed by atoms with Crippen LogP contribution in [0.25, 0.3) is 11.1 Å². The number of para-hydroxylation sites is 3. The first-order valence-electron chi connectivity index (χ1n) is 18.7. The van der Waals surface area contributed by atoms with Crippen LogP contribution >= 0.6 is 11.8 Å². The molecule has 9 nitrogen and oxygen atoms in total. The molecule has 0 aliphatic carbocycles. The number of rotatable bonds is 17. The van der Waals surface area contributed by atoms with Crippen molar-refractivity contribution < 1.29 is 28.9 Å². The zero-order chi connectivity index (χ0) is 38.4. The standard InChI is InChI=1S/C45H49N3O6S/c1-52-40-14-7-8-15-42(40)55-30-37-27-41(34-20-18-31(29-49)19-21-34)54-45(53-37)35-24-22-33(23-25-35)36-11-9-10-32(26-36)28-47-43(50)16-3-2-4-17-44(51)48-39-13-6-5-12-38(39)46/h5-15,18-26,37,41,45,49H,2-4,16-17,27-30,46H2,1H3,(H,47,50)(H,48,51)/t37-,41+,45+/m1/s1. The van der Waals surface area contributed by atoms with Gasteiger partial charge in [0.05, 0.1) is 37.3 Å². The third kappa shape index (κ3) is 11.4. The molecule has 5 aromatic rings. The quantitative estimate of drug-likeness (QED) is 0.0420. The Labute approximate surface area is 327 Å². The Morgan fingerprint density at radius 3 is 2.27 bits per heavy atom. The number of unbranched alkanes of at least 4 members (excludes halogenated alkanes) is 2. The second-order valence-corrected chi connectivity index (χ2v) is 14.7. The predicted octanol–water partition coefficient (Wildman–Crippen LogP) is 8.98. The van der Waals surface area contributed by atoms with E-state index >= 15 is 0 Å². The van der Waals surface area contributed by atoms with Crippen molar-refractivity contribution in [1.82, 2.24) is 5.32 Å². The van der Waals surface area contributed by atoms with Crippen LogP contribution in [0.2, 0.25) is 0 Å². The van der Waals surface area contributed by atoms with Gasteiger partial charge in [-0.1, -0.05) is 97.4 Å². The number of anilines is 2. The van der Waals surface area contributed by atoms with E-state index in [0.717, 1.165) is 56.2 Å². The van der Waals surface area contributed by atoms with Crippen LogP contribution in [0, 0.1) is 0 Å². The fourth-order valence-electron chi connectivity index (χ4n) is 6.50. The second-order valence-electron chi connectivity index (χ2n) is 13.6. The van der Waals surface area contributed by atoms with E-state index in [4.69, 9.17) is 19.9 Å². The first-order valence-corrected chi connectivity index (χ1v) is 19.7. The summed E-state index contributed by atoms with van der Waals surface area (Å²) in [6, 6.07) is 39.5. The Hall–Kier alpha value is -5.13. The maximum absolute atomic E-state index is 12.6. The lowest BCUT2D eigenvalue weighted by Gasteiger charge is -2.36. The number of nitrogen functional groups attached to an aromatic ring is 1. The summed E-state index contributed by atoms with van der Waals surface area (Å²) < 4.78 is 18.7. The Morgan fingerprint density at radius 1 is 0.782 bits per heavy atom. The summed E-state index contributed by atoms with van der Waals surface area (Å²) in [5.41, 5.74) is 13.0. The van der Waals surface area contributed by atoms with Gasteiger partial charge < -0.3 is 35.7 Å². The maximum atomic E-state index is 12.6. The van der Waals surface area contributed by atoms with Gasteiger partial charge in [0.2, 0.25) is 11.8 Å². The number of benzene rings is 5. The highest BCUT2D eigenvalue weighted by Crippen LogP contribution is 2.41. The normalized spacial score (nSPS) is 16.7. The highest BCUT2D eigenvalue weighted by molar-refractivity contribution is 7.99. The lowest BCUT2D eigenvalue weighted by Crippen LogP contribution is -2.31. The monoisotopic (exact) mass is 759 g/mol. The van der Waals surface area contributed by atoms with Crippen molar-refractivity contribution >= 4 is 35.0 Å². The van der Waals surface area contributed by atoms with Crippen molar-refractivity contribution in [3.05, 3.63) is 144 Å². The van der Waals surface area contributed by atoms with Gasteiger partial charge in [-0.25, -0.2) is 0 Å². The molecule has 1 heterocycles. The summed E-state index contributed by atoms with van der Waals surface area (Å²) >= 11 is 1.71. The summed E-state index contributed by atoms with van der Waals surface area (Å²) in [6.07, 6.45) is 2.89. The number of carbonyl (C=O) groups excluding carboxylic acids is 2. The number of carbonyl (C=O) groups is 2. The molecule has 55 heavy (non-hydrogen) atoms. The van der Waals surface area contributed by atoms with E-state index in [1.807, 2.05) is 66.7 Å². The fraction of sp³-hybridized carbons (Fsp3) is 0.289. The van der Waals surface area contributed by atoms with Crippen molar-refractivity contribution in [3.63, 3.8) is 0 Å². The molecule has 0 unspecified atom stereocenters. The van der Waals surface area contributed by atoms with Gasteiger partial charge in [-0.2, -0.15) is 0 Å². The molecule has 1 saturated heterocycles. The second kappa shape index (κ2) is 20.0. The van der Waals surface area contributed by atoms with Gasteiger partial charge in [0.25, 0.3) is 0 Å². The van der Waals surface area contributed by atoms with Gasteiger partial charge in [-0.05, 0) is 71.0 Å². The molecule has 286 valence electrons. The zero-order valence-corrected chi connectivity index (χ0v) is 31.9. The van der Waals surface area contributed by atoms with E-state index in [2.05, 4.69) is 53.1 Å². The van der Waals surface area contributed by atoms with Crippen molar-refractivity contribution in [2.24, 2.45) is 0 Å². The van der Waals surface area contributed by atoms with E-state index in [0.29, 0.717) is 50.0 Å². The Balaban J connectivity index is 1.01. The van der Waals surface area contributed by atoms with Gasteiger partial charge in [-0.3, -0.25) is 9.59 Å². The molecule has 5 aromatic carbocycles. The molecule has 1 fully saturated rings. The molecule has 0 spiro atoms. The average Bonchev–Trinajstić information content (AvgIpc) is 3.23. The number of thioether (sulfide) groups is 1. The van der Waals surface area contributed by atoms with E-state index in [-0.39, 0.29) is 30.6 Å². The summed E-state index contributed by atoms with van der Waals surface area (Å²) in [7, 11) is 1.69. The number of hydrogen-bond acceptors (Lipinski definition) is 8. The Morgan fingerprint density at radius 2 is 1.51 bits per heavy atom. The molecule has 0 radical (unpaired) electrons. The van der Waals surface area contributed by atoms with Gasteiger partial charge >= 0.3 is 0 Å². The highest BCUT2D eigenvalue weighted by atomic mass is 32.2. The van der Waals surface area contributed by atoms with Gasteiger partial charge in [0.1, 0.15) is 5.75 Å². The van der Waals surface area contributed by atoms with Crippen molar-refractivity contribution in [2.45, 2.75) is 75.1 Å². The van der Waals surface area contributed by atoms with Crippen molar-refractivity contribution in [2.75, 3.05) is 23.9 Å². The Kier molecular flexibility index (Phi) is 14.4. The topological polar surface area (TPSA) is 132 Å². The van der Waals surface area contributed by atoms with Gasteiger partial charge in [0.15, 0.2) is 6.29 Å². The molecule has 0 saturated carbocycles. The minimum absolute atomic E-state index is 0.00341. The van der Waals surface area contributed by atoms with Crippen LogP contribution < -0.4 is 21.1 Å². The molecule has 1 aliphatic heterocycles. The van der Waals surface area contributed by atoms with Gasteiger partial charge in [0, 0.05) is 42.0 Å². The molecule has 3 atom stereocenters. The maximum Gasteiger partial charge on any atom is 0.224 e. The molecule has 0 bridgehead atoms. The van der Waals surface area contributed by atoms with E-state index in [1.165, 1.54) is 0 Å². The molecule has 2 amide bonds. The zero-order valence-electron chi connectivity index (χ0n) is 31.1. The van der Waals surface area contributed by atoms with Gasteiger partial charge in [-0.15, -0.1) is 11.8 Å². The summed E-state index contributed by atoms with van der Waals surface area (Å²) in [4.78, 5) is 25.9. The molecule has 6 rings (SSSR count). The van der Waals surface area contributed by atoms with E-state index < -0.39 is 6.29 Å². The SMILES string of the molecule is COc1ccccc1SC[C@H]1C[C@@H](c2ccc(CO)cc2)O[C@@H](c2ccc(-c3cccc(CNC(=O)CCCCCC(=O)Nc4ccccc4N)c3)cc2)O1. The third-order valence-corrected chi connectivity index (χ3v) is 10.8. The van der Waals surface area contributed by atoms with Crippen LogP contribution in [-0.2, 0) is 32.2 Å². The molecule has 10 heteroatoms. The van der Waals surface area contributed by atoms with E-state index in [9.17, 15) is 14.7 Å². The number of nitrogens with one attached hydrogen (secondary N) is 2. The number of hydrogen-bond donors (Lipinski definition) is 4. The number of aliphatic hydroxyl groups excluding tert-OH is 1. The number of amides is 2. The first-order chi connectivity index (χ1) is 26.9. The number of methoxy groups -OCH3 is 1. The van der Waals surface area contributed by atoms with Crippen LogP contribution in [0.1, 0.15) is 73.2 Å². The molecular weight excluding hydrogens is 711 g/mol. The first kappa shape index (κ1) is 39.6. The van der Waals surface area contributed by atoms with Crippen molar-refractivity contribution in [3.8, 4) is 16.9 Å². The smallest absolute Gasteiger partial charge is 0.224 e. The number of ether oxygens (including phenoxy) is 3. The highest BCUT2D eigenvalue weighted by Gasteiger charge is 2.32. The van der Waals surface area contributed by atoms with Crippen LogP contribution in [0.4, 0.5) is 11.4 Å². The fourth-order valence-corrected chi connectivity index (χ4v) is 7.55. The largest absolute Gasteiger partial charge is 0.496 e. The average molecular weight is 760 g/mol. The van der Waals surface area contributed by atoms with Crippen LogP contribution in [0.15, 0.2) is 126 Å². The minimum atomic E-state index is -0.555. The third-order valence-electron chi connectivity index (χ3n) is 9.58. The predicted molar refractivity (Wildman–Crippen MR) is 218 cm³/mol. The molecule has 0 aromatic heterocycles. The molecule has 5 N–H and O–H groups in total. The lowest BCUT2D eigenvalue weighted by molar-refractivity contribution is -0.245. The number of nitrogens with two attached hydrogens (primary N) is 1. The molecular formula is C45H49N3O6S. The van der Waals surface area contributed by atoms with E-state index in [1.54, 1.807) is 31.0 Å². The summed E-state index contributed by atoms with van der Waals surface area (Å²) in [6.45, 7) is 0.431. The minimum Gasteiger partial charge on any atom is -0.496 e. The van der Waals surface area contributed by atoms with Crippen LogP contribution in [0.3, 0.4) is 0 Å². The van der Waals surface area contributed by atoms with Crippen molar-refractivity contribution in [1.29, 1.82) is 0 Å². The van der Waals surface area contributed by atoms with Crippen LogP contribution in [0.5, 0.6) is 5.75 Å².